The molecule has 6 heteroatoms. The van der Waals surface area contributed by atoms with E-state index in [1.54, 1.807) is 36.4 Å². The first-order chi connectivity index (χ1) is 10.4. The Hall–Kier alpha value is -2.11. The molecule has 112 valence electrons. The molecule has 1 N–H and O–H groups in total. The first kappa shape index (κ1) is 14.8. The van der Waals surface area contributed by atoms with Crippen molar-refractivity contribution in [2.45, 2.75) is 16.8 Å². The van der Waals surface area contributed by atoms with Gasteiger partial charge in [0.2, 0.25) is 9.84 Å². The van der Waals surface area contributed by atoms with Crippen molar-refractivity contribution in [1.82, 2.24) is 4.98 Å². The zero-order valence-corrected chi connectivity index (χ0v) is 13.2. The summed E-state index contributed by atoms with van der Waals surface area (Å²) in [6, 6.07) is 12.9. The van der Waals surface area contributed by atoms with E-state index in [9.17, 15) is 13.2 Å². The van der Waals surface area contributed by atoms with Gasteiger partial charge in [0.15, 0.2) is 5.78 Å². The molecule has 2 aromatic carbocycles. The highest BCUT2D eigenvalue weighted by atomic mass is 35.5. The van der Waals surface area contributed by atoms with Crippen molar-refractivity contribution in [2.75, 3.05) is 0 Å². The van der Waals surface area contributed by atoms with Gasteiger partial charge in [-0.1, -0.05) is 29.8 Å². The van der Waals surface area contributed by atoms with Crippen molar-refractivity contribution in [3.63, 3.8) is 0 Å². The fourth-order valence-electron chi connectivity index (χ4n) is 2.41. The van der Waals surface area contributed by atoms with Crippen molar-refractivity contribution in [2.24, 2.45) is 0 Å². The Kier molecular flexibility index (Phi) is 3.54. The predicted octanol–water partition coefficient (Wildman–Crippen LogP) is 3.86. The number of sulfone groups is 1. The van der Waals surface area contributed by atoms with Crippen molar-refractivity contribution in [3.8, 4) is 0 Å². The molecule has 0 radical (unpaired) electrons. The summed E-state index contributed by atoms with van der Waals surface area (Å²) in [5.41, 5.74) is 0.699. The maximum Gasteiger partial charge on any atom is 0.222 e. The highest BCUT2D eigenvalue weighted by Crippen LogP contribution is 2.31. The molecule has 1 heterocycles. The van der Waals surface area contributed by atoms with Gasteiger partial charge in [-0.2, -0.15) is 0 Å². The molecule has 4 nitrogen and oxygen atoms in total. The molecule has 0 amide bonds. The number of ketones is 1. The second kappa shape index (κ2) is 5.26. The third kappa shape index (κ3) is 2.32. The van der Waals surface area contributed by atoms with Gasteiger partial charge in [-0.3, -0.25) is 4.79 Å². The summed E-state index contributed by atoms with van der Waals surface area (Å²) in [4.78, 5) is 15.0. The lowest BCUT2D eigenvalue weighted by molar-refractivity contribution is 0.101. The lowest BCUT2D eigenvalue weighted by atomic mass is 10.1. The third-order valence-electron chi connectivity index (χ3n) is 3.40. The van der Waals surface area contributed by atoms with Gasteiger partial charge in [0.25, 0.3) is 0 Å². The summed E-state index contributed by atoms with van der Waals surface area (Å²) in [7, 11) is -3.81. The Morgan fingerprint density at radius 3 is 2.41 bits per heavy atom. The summed E-state index contributed by atoms with van der Waals surface area (Å²) in [6.07, 6.45) is 0. The minimum atomic E-state index is -3.81. The standard InChI is InChI=1S/C16H12ClNO3S/c1-10(19)15-13-9-11(17)7-8-14(13)18-16(15)22(20,21)12-5-3-2-4-6-12/h2-9,18H,1H3. The monoisotopic (exact) mass is 333 g/mol. The topological polar surface area (TPSA) is 67.0 Å². The molecule has 0 bridgehead atoms. The number of halogens is 1. The van der Waals surface area contributed by atoms with Crippen LogP contribution >= 0.6 is 11.6 Å². The first-order valence-electron chi connectivity index (χ1n) is 6.53. The average molecular weight is 334 g/mol. The number of fused-ring (bicyclic) bond motifs is 1. The van der Waals surface area contributed by atoms with E-state index in [-0.39, 0.29) is 21.3 Å². The largest absolute Gasteiger partial charge is 0.345 e. The van der Waals surface area contributed by atoms with Gasteiger partial charge in [0.05, 0.1) is 10.5 Å². The first-order valence-corrected chi connectivity index (χ1v) is 8.39. The van der Waals surface area contributed by atoms with Gasteiger partial charge >= 0.3 is 0 Å². The van der Waals surface area contributed by atoms with Gasteiger partial charge < -0.3 is 4.98 Å². The quantitative estimate of drug-likeness (QED) is 0.740. The van der Waals surface area contributed by atoms with E-state index in [4.69, 9.17) is 11.6 Å². The molecule has 3 aromatic rings. The molecular weight excluding hydrogens is 322 g/mol. The average Bonchev–Trinajstić information content (AvgIpc) is 2.87. The van der Waals surface area contributed by atoms with Gasteiger partial charge in [-0.05, 0) is 37.3 Å². The molecule has 0 saturated heterocycles. The summed E-state index contributed by atoms with van der Waals surface area (Å²) in [6.45, 7) is 1.34. The van der Waals surface area contributed by atoms with E-state index in [1.807, 2.05) is 0 Å². The van der Waals surface area contributed by atoms with E-state index in [0.717, 1.165) is 0 Å². The van der Waals surface area contributed by atoms with E-state index >= 15 is 0 Å². The summed E-state index contributed by atoms with van der Waals surface area (Å²) in [5.74, 6) is -0.331. The maximum absolute atomic E-state index is 12.8. The van der Waals surface area contributed by atoms with Gasteiger partial charge in [-0.15, -0.1) is 0 Å². The molecule has 0 aliphatic heterocycles. The third-order valence-corrected chi connectivity index (χ3v) is 5.37. The number of carbonyl (C=O) groups excluding carboxylic acids is 1. The number of aromatic amines is 1. The highest BCUT2D eigenvalue weighted by Gasteiger charge is 2.27. The fraction of sp³-hybridized carbons (Fsp3) is 0.0625. The van der Waals surface area contributed by atoms with Crippen molar-refractivity contribution >= 4 is 38.1 Å². The van der Waals surface area contributed by atoms with E-state index in [0.29, 0.717) is 15.9 Å². The fourth-order valence-corrected chi connectivity index (χ4v) is 4.10. The number of hydrogen-bond acceptors (Lipinski definition) is 3. The maximum atomic E-state index is 12.8. The van der Waals surface area contributed by atoms with Crippen molar-refractivity contribution < 1.29 is 13.2 Å². The number of Topliss-reactive ketones (excluding diaryl/α,β-unsaturated/α-hetero) is 1. The summed E-state index contributed by atoms with van der Waals surface area (Å²) >= 11 is 5.96. The zero-order valence-electron chi connectivity index (χ0n) is 11.6. The highest BCUT2D eigenvalue weighted by molar-refractivity contribution is 7.91. The minimum absolute atomic E-state index is 0.0940. The lowest BCUT2D eigenvalue weighted by Crippen LogP contribution is -2.07. The number of nitrogens with one attached hydrogen (secondary N) is 1. The SMILES string of the molecule is CC(=O)c1c(S(=O)(=O)c2ccccc2)[nH]c2ccc(Cl)cc12. The van der Waals surface area contributed by atoms with Crippen LogP contribution in [-0.4, -0.2) is 19.2 Å². The number of H-pyrrole nitrogens is 1. The van der Waals surface area contributed by atoms with Crippen LogP contribution in [0, 0.1) is 0 Å². The number of rotatable bonds is 3. The minimum Gasteiger partial charge on any atom is -0.345 e. The van der Waals surface area contributed by atoms with Crippen LogP contribution in [0.25, 0.3) is 10.9 Å². The Morgan fingerprint density at radius 1 is 1.09 bits per heavy atom. The van der Waals surface area contributed by atoms with Crippen LogP contribution in [0.15, 0.2) is 58.5 Å². The number of aromatic nitrogens is 1. The Morgan fingerprint density at radius 2 is 1.77 bits per heavy atom. The van der Waals surface area contributed by atoms with E-state index in [2.05, 4.69) is 4.98 Å². The molecule has 1 aromatic heterocycles. The predicted molar refractivity (Wildman–Crippen MR) is 85.2 cm³/mol. The van der Waals surface area contributed by atoms with Gasteiger partial charge in [-0.25, -0.2) is 8.42 Å². The van der Waals surface area contributed by atoms with Crippen molar-refractivity contribution in [3.05, 3.63) is 59.1 Å². The smallest absolute Gasteiger partial charge is 0.222 e. The Labute approximate surface area is 132 Å². The van der Waals surface area contributed by atoms with Gasteiger partial charge in [0.1, 0.15) is 5.03 Å². The normalized spacial score (nSPS) is 11.7. The van der Waals surface area contributed by atoms with Crippen LogP contribution in [-0.2, 0) is 9.84 Å². The summed E-state index contributed by atoms with van der Waals surface area (Å²) < 4.78 is 25.6. The number of carbonyl (C=O) groups is 1. The van der Waals surface area contributed by atoms with E-state index < -0.39 is 9.84 Å². The molecule has 0 aliphatic carbocycles. The van der Waals surface area contributed by atoms with Gasteiger partial charge in [0, 0.05) is 15.9 Å². The molecule has 0 spiro atoms. The van der Waals surface area contributed by atoms with Crippen LogP contribution in [0.4, 0.5) is 0 Å². The number of hydrogen-bond donors (Lipinski definition) is 1. The van der Waals surface area contributed by atoms with Crippen LogP contribution in [0.5, 0.6) is 0 Å². The van der Waals surface area contributed by atoms with Crippen molar-refractivity contribution in [1.29, 1.82) is 0 Å². The molecule has 22 heavy (non-hydrogen) atoms. The van der Waals surface area contributed by atoms with Crippen LogP contribution in [0.2, 0.25) is 5.02 Å². The van der Waals surface area contributed by atoms with Crippen LogP contribution < -0.4 is 0 Å². The molecule has 0 atom stereocenters. The van der Waals surface area contributed by atoms with E-state index in [1.165, 1.54) is 19.1 Å². The zero-order chi connectivity index (χ0) is 15.9. The lowest BCUT2D eigenvalue weighted by Gasteiger charge is -2.04. The molecule has 0 unspecified atom stereocenters. The molecule has 0 aliphatic rings. The Bertz CT molecular complexity index is 975. The second-order valence-electron chi connectivity index (χ2n) is 4.89. The summed E-state index contributed by atoms with van der Waals surface area (Å²) in [5, 5.41) is 0.857. The molecule has 0 saturated carbocycles. The molecule has 0 fully saturated rings. The van der Waals surface area contributed by atoms with Crippen LogP contribution in [0.3, 0.4) is 0 Å². The molecule has 3 rings (SSSR count). The van der Waals surface area contributed by atoms with Crippen LogP contribution in [0.1, 0.15) is 17.3 Å². The molecular formula is C16H12ClNO3S. The Balaban J connectivity index is 2.36. The number of benzene rings is 2. The second-order valence-corrected chi connectivity index (χ2v) is 7.21.